The van der Waals surface area contributed by atoms with E-state index in [1.807, 2.05) is 109 Å². The van der Waals surface area contributed by atoms with Crippen LogP contribution >= 0.6 is 0 Å². The zero-order valence-electron chi connectivity index (χ0n) is 26.6. The maximum atomic E-state index is 13.3. The van der Waals surface area contributed by atoms with Crippen molar-refractivity contribution in [2.24, 2.45) is 0 Å². The first kappa shape index (κ1) is 33.7. The van der Waals surface area contributed by atoms with Crippen molar-refractivity contribution in [2.75, 3.05) is 20.8 Å². The second-order valence-corrected chi connectivity index (χ2v) is 15.0. The topological polar surface area (TPSA) is 132 Å². The van der Waals surface area contributed by atoms with E-state index in [1.165, 1.54) is 10.8 Å². The van der Waals surface area contributed by atoms with E-state index in [0.717, 1.165) is 20.3 Å². The molecular weight excluding hydrogens is 728 g/mol. The molecule has 0 spiro atoms. The third-order valence-corrected chi connectivity index (χ3v) is 12.3. The number of methoxy groups -OCH3 is 2. The summed E-state index contributed by atoms with van der Waals surface area (Å²) in [6.45, 7) is 1.40. The van der Waals surface area contributed by atoms with Gasteiger partial charge in [-0.1, -0.05) is 0 Å². The van der Waals surface area contributed by atoms with Crippen LogP contribution in [0.2, 0.25) is 0 Å². The standard InChI is InChI=1S/C37H36N2O8Te/c1-24-22-39(35(43)38-34(24)42)37(48-30-12-8-5-9-13-30)33(41)32(40)31(47-37)23-46-36(25-10-6-4-7-11-25,26-14-18-28(44-2)19-15-26)27-16-20-29(45-3)21-17-27/h4-22,31-33,40-41H,23H2,1-3H3,(H,38,42,43)/t31-,32-,33-,37+/m1/s1. The van der Waals surface area contributed by atoms with Gasteiger partial charge >= 0.3 is 289 Å². The average Bonchev–Trinajstić information content (AvgIpc) is 3.36. The Hall–Kier alpha value is -4.21. The van der Waals surface area contributed by atoms with Crippen LogP contribution in [-0.2, 0) is 18.8 Å². The number of aromatic amines is 1. The number of nitrogens with zero attached hydrogens (tertiary/aromatic N) is 1. The van der Waals surface area contributed by atoms with E-state index < -0.39 is 59.9 Å². The monoisotopic (exact) mass is 766 g/mol. The Morgan fingerprint density at radius 1 is 0.812 bits per heavy atom. The number of H-pyrrole nitrogens is 1. The van der Waals surface area contributed by atoms with Crippen LogP contribution < -0.4 is 24.3 Å². The normalized spacial score (nSPS) is 20.8. The number of ether oxygens (including phenoxy) is 4. The zero-order chi connectivity index (χ0) is 33.9. The number of aliphatic hydroxyl groups excluding tert-OH is 2. The number of hydrogen-bond acceptors (Lipinski definition) is 8. The van der Waals surface area contributed by atoms with Gasteiger partial charge in [-0.2, -0.15) is 0 Å². The van der Waals surface area contributed by atoms with Crippen molar-refractivity contribution in [3.63, 3.8) is 0 Å². The quantitative estimate of drug-likeness (QED) is 0.138. The van der Waals surface area contributed by atoms with Gasteiger partial charge in [0.25, 0.3) is 0 Å². The Bertz CT molecular complexity index is 1900. The molecule has 6 rings (SSSR count). The fourth-order valence-electron chi connectivity index (χ4n) is 5.98. The van der Waals surface area contributed by atoms with Crippen LogP contribution in [0.15, 0.2) is 125 Å². The van der Waals surface area contributed by atoms with Crippen LogP contribution in [-0.4, -0.2) is 79.8 Å². The predicted octanol–water partition coefficient (Wildman–Crippen LogP) is 2.63. The molecule has 48 heavy (non-hydrogen) atoms. The molecule has 1 aromatic heterocycles. The number of hydrogen-bond donors (Lipinski definition) is 3. The zero-order valence-corrected chi connectivity index (χ0v) is 28.9. The van der Waals surface area contributed by atoms with Crippen molar-refractivity contribution in [2.45, 2.75) is 34.6 Å². The molecule has 1 fully saturated rings. The summed E-state index contributed by atoms with van der Waals surface area (Å²) in [6, 6.07) is 34.2. The van der Waals surface area contributed by atoms with Crippen LogP contribution in [0.1, 0.15) is 22.3 Å². The minimum atomic E-state index is -1.64. The summed E-state index contributed by atoms with van der Waals surface area (Å²) >= 11 is -1.58. The summed E-state index contributed by atoms with van der Waals surface area (Å²) in [6.07, 6.45) is -2.62. The molecule has 0 amide bonds. The van der Waals surface area contributed by atoms with Crippen molar-refractivity contribution in [3.8, 4) is 11.5 Å². The van der Waals surface area contributed by atoms with Gasteiger partial charge in [0.1, 0.15) is 0 Å². The van der Waals surface area contributed by atoms with Crippen molar-refractivity contribution in [1.29, 1.82) is 0 Å². The third kappa shape index (κ3) is 6.21. The molecule has 1 aliphatic rings. The van der Waals surface area contributed by atoms with E-state index in [4.69, 9.17) is 18.9 Å². The van der Waals surface area contributed by atoms with Gasteiger partial charge in [0, 0.05) is 0 Å². The fraction of sp³-hybridized carbons (Fsp3) is 0.243. The molecule has 1 saturated heterocycles. The van der Waals surface area contributed by atoms with Crippen molar-refractivity contribution >= 4 is 24.5 Å². The van der Waals surface area contributed by atoms with Gasteiger partial charge in [-0.3, -0.25) is 0 Å². The van der Waals surface area contributed by atoms with E-state index in [9.17, 15) is 19.8 Å². The number of rotatable bonds is 11. The first-order chi connectivity index (χ1) is 23.2. The van der Waals surface area contributed by atoms with Crippen LogP contribution in [0.3, 0.4) is 0 Å². The molecular formula is C37H36N2O8Te. The Morgan fingerprint density at radius 3 is 1.88 bits per heavy atom. The summed E-state index contributed by atoms with van der Waals surface area (Å²) in [4.78, 5) is 28.0. The van der Waals surface area contributed by atoms with Gasteiger partial charge in [-0.05, 0) is 0 Å². The SMILES string of the molecule is COc1ccc(C(OC[C@H]2O[C@@]([Te]c3ccccc3)(n3cc(C)c(=O)[nH]c3=O)[C@H](O)[C@@H]2O)(c2ccccc2)c2ccc(OC)cc2)cc1. The fourth-order valence-corrected chi connectivity index (χ4v) is 9.68. The third-order valence-electron chi connectivity index (χ3n) is 8.50. The minimum absolute atomic E-state index is 0.175. The number of benzene rings is 4. The van der Waals surface area contributed by atoms with Crippen LogP contribution in [0, 0.1) is 6.92 Å². The van der Waals surface area contributed by atoms with E-state index in [1.54, 1.807) is 21.1 Å². The van der Waals surface area contributed by atoms with Crippen LogP contribution in [0.4, 0.5) is 0 Å². The van der Waals surface area contributed by atoms with E-state index >= 15 is 0 Å². The van der Waals surface area contributed by atoms with Gasteiger partial charge in [0.15, 0.2) is 0 Å². The summed E-state index contributed by atoms with van der Waals surface area (Å²) in [7, 11) is 3.20. The molecule has 11 heteroatoms. The van der Waals surface area contributed by atoms with Gasteiger partial charge in [-0.15, -0.1) is 0 Å². The number of aliphatic hydroxyl groups is 2. The van der Waals surface area contributed by atoms with Gasteiger partial charge in [0.2, 0.25) is 0 Å². The van der Waals surface area contributed by atoms with Crippen LogP contribution in [0.25, 0.3) is 0 Å². The molecule has 0 radical (unpaired) electrons. The van der Waals surface area contributed by atoms with E-state index in [0.29, 0.717) is 11.5 Å². The second kappa shape index (κ2) is 14.1. The van der Waals surface area contributed by atoms with Crippen molar-refractivity contribution in [3.05, 3.63) is 158 Å². The first-order valence-corrected chi connectivity index (χ1v) is 17.6. The molecule has 3 N–H and O–H groups in total. The van der Waals surface area contributed by atoms with Crippen molar-refractivity contribution < 1.29 is 29.2 Å². The number of aryl methyl sites for hydroxylation is 1. The van der Waals surface area contributed by atoms with Gasteiger partial charge < -0.3 is 0 Å². The summed E-state index contributed by atoms with van der Waals surface area (Å²) in [5.41, 5.74) is 0.155. The molecule has 4 aromatic carbocycles. The molecule has 0 bridgehead atoms. The van der Waals surface area contributed by atoms with Crippen molar-refractivity contribution in [1.82, 2.24) is 9.55 Å². The molecule has 0 saturated carbocycles. The number of nitrogens with one attached hydrogen (secondary N) is 1. The summed E-state index contributed by atoms with van der Waals surface area (Å²) < 4.78 is 25.0. The maximum absolute atomic E-state index is 13.3. The van der Waals surface area contributed by atoms with E-state index in [2.05, 4.69) is 4.98 Å². The van der Waals surface area contributed by atoms with Gasteiger partial charge in [-0.25, -0.2) is 0 Å². The van der Waals surface area contributed by atoms with Crippen LogP contribution in [0.5, 0.6) is 11.5 Å². The molecule has 10 nitrogen and oxygen atoms in total. The Kier molecular flexibility index (Phi) is 9.90. The molecule has 5 aromatic rings. The molecule has 2 heterocycles. The Balaban J connectivity index is 1.46. The Morgan fingerprint density at radius 2 is 1.33 bits per heavy atom. The Labute approximate surface area is 287 Å². The van der Waals surface area contributed by atoms with E-state index in [-0.39, 0.29) is 12.2 Å². The molecule has 0 unspecified atom stereocenters. The summed E-state index contributed by atoms with van der Waals surface area (Å²) in [5.74, 6) is 1.34. The predicted molar refractivity (Wildman–Crippen MR) is 181 cm³/mol. The molecule has 248 valence electrons. The summed E-state index contributed by atoms with van der Waals surface area (Å²) in [5, 5.41) is 23.4. The molecule has 1 aliphatic heterocycles. The number of aromatic nitrogens is 2. The van der Waals surface area contributed by atoms with Gasteiger partial charge in [0.05, 0.1) is 0 Å². The molecule has 4 atom stereocenters. The first-order valence-electron chi connectivity index (χ1n) is 15.3. The second-order valence-electron chi connectivity index (χ2n) is 11.4. The average molecular weight is 764 g/mol. The molecule has 0 aliphatic carbocycles.